The molecule has 10 aromatic rings. The summed E-state index contributed by atoms with van der Waals surface area (Å²) in [4.78, 5) is 10.2. The molecule has 58 heavy (non-hydrogen) atoms. The van der Waals surface area contributed by atoms with Gasteiger partial charge < -0.3 is 0 Å². The maximum absolute atomic E-state index is 5.08. The van der Waals surface area contributed by atoms with E-state index < -0.39 is 0 Å². The Hall–Kier alpha value is -7.68. The Balaban J connectivity index is 0.982. The highest BCUT2D eigenvalue weighted by Crippen LogP contribution is 2.38. The maximum Gasteiger partial charge on any atom is 0.0715 e. The first-order valence-electron chi connectivity index (χ1n) is 19.7. The summed E-state index contributed by atoms with van der Waals surface area (Å²) in [6.45, 7) is 0. The Labute approximate surface area is 339 Å². The van der Waals surface area contributed by atoms with Crippen molar-refractivity contribution in [1.29, 1.82) is 0 Å². The zero-order valence-electron chi connectivity index (χ0n) is 31.8. The molecule has 2 heterocycles. The van der Waals surface area contributed by atoms with Gasteiger partial charge in [0, 0.05) is 22.3 Å². The summed E-state index contributed by atoms with van der Waals surface area (Å²) in [7, 11) is 0. The van der Waals surface area contributed by atoms with Crippen LogP contribution in [0.3, 0.4) is 0 Å². The van der Waals surface area contributed by atoms with Crippen molar-refractivity contribution in [2.45, 2.75) is 0 Å². The SMILES string of the molecule is c1ccc(-c2cc(-c3ccc(-c4cccc5c(-c6ccc(-c7cc(-c8ccccc8)nc(-c8ccccc8)c7)cc6)cccc45)cc3)cc(-c3ccccc3)n2)cc1. The summed E-state index contributed by atoms with van der Waals surface area (Å²) in [6, 6.07) is 81.7. The zero-order chi connectivity index (χ0) is 38.7. The van der Waals surface area contributed by atoms with E-state index in [-0.39, 0.29) is 0 Å². The van der Waals surface area contributed by atoms with Crippen LogP contribution in [0.25, 0.3) is 100 Å². The average Bonchev–Trinajstić information content (AvgIpc) is 3.32. The van der Waals surface area contributed by atoms with Crippen LogP contribution in [0.15, 0.2) is 231 Å². The summed E-state index contributed by atoms with van der Waals surface area (Å²) >= 11 is 0. The second-order valence-corrected chi connectivity index (χ2v) is 14.6. The van der Waals surface area contributed by atoms with Crippen LogP contribution in [-0.4, -0.2) is 9.97 Å². The van der Waals surface area contributed by atoms with Crippen LogP contribution < -0.4 is 0 Å². The van der Waals surface area contributed by atoms with E-state index in [1.807, 2.05) is 24.3 Å². The first-order chi connectivity index (χ1) is 28.7. The van der Waals surface area contributed by atoms with Crippen LogP contribution in [0, 0.1) is 0 Å². The van der Waals surface area contributed by atoms with E-state index in [1.54, 1.807) is 0 Å². The molecule has 0 saturated carbocycles. The molecule has 0 amide bonds. The van der Waals surface area contributed by atoms with Crippen LogP contribution in [0.2, 0.25) is 0 Å². The van der Waals surface area contributed by atoms with Gasteiger partial charge in [-0.2, -0.15) is 0 Å². The third-order valence-corrected chi connectivity index (χ3v) is 10.9. The Morgan fingerprint density at radius 3 is 0.759 bits per heavy atom. The van der Waals surface area contributed by atoms with Crippen LogP contribution in [0.5, 0.6) is 0 Å². The van der Waals surface area contributed by atoms with Crippen molar-refractivity contribution in [2.75, 3.05) is 0 Å². The average molecular weight is 739 g/mol. The van der Waals surface area contributed by atoms with E-state index in [0.717, 1.165) is 67.3 Å². The van der Waals surface area contributed by atoms with Crippen LogP contribution in [0.4, 0.5) is 0 Å². The fraction of sp³-hybridized carbons (Fsp3) is 0. The summed E-state index contributed by atoms with van der Waals surface area (Å²) in [5.41, 5.74) is 17.7. The van der Waals surface area contributed by atoms with Gasteiger partial charge in [0.1, 0.15) is 0 Å². The van der Waals surface area contributed by atoms with E-state index >= 15 is 0 Å². The highest BCUT2D eigenvalue weighted by atomic mass is 14.7. The predicted octanol–water partition coefficient (Wildman–Crippen LogP) is 15.0. The normalized spacial score (nSPS) is 11.1. The molecule has 2 aromatic heterocycles. The van der Waals surface area contributed by atoms with E-state index in [4.69, 9.17) is 9.97 Å². The number of fused-ring (bicyclic) bond motifs is 1. The smallest absolute Gasteiger partial charge is 0.0715 e. The molecule has 10 rings (SSSR count). The summed E-state index contributed by atoms with van der Waals surface area (Å²) in [5, 5.41) is 2.46. The van der Waals surface area contributed by atoms with Crippen molar-refractivity contribution >= 4 is 10.8 Å². The maximum atomic E-state index is 5.08. The molecule has 0 atom stereocenters. The minimum Gasteiger partial charge on any atom is -0.248 e. The lowest BCUT2D eigenvalue weighted by atomic mass is 9.91. The first kappa shape index (κ1) is 34.8. The molecule has 0 aliphatic rings. The molecule has 0 N–H and O–H groups in total. The van der Waals surface area contributed by atoms with Gasteiger partial charge in [0.15, 0.2) is 0 Å². The third kappa shape index (κ3) is 7.00. The zero-order valence-corrected chi connectivity index (χ0v) is 31.8. The van der Waals surface area contributed by atoms with Crippen molar-refractivity contribution in [3.05, 3.63) is 231 Å². The van der Waals surface area contributed by atoms with Gasteiger partial charge in [-0.25, -0.2) is 9.97 Å². The van der Waals surface area contributed by atoms with Crippen molar-refractivity contribution in [3.8, 4) is 89.5 Å². The quantitative estimate of drug-likeness (QED) is 0.155. The van der Waals surface area contributed by atoms with E-state index in [9.17, 15) is 0 Å². The molecule has 0 aliphatic heterocycles. The number of rotatable bonds is 8. The number of nitrogens with zero attached hydrogens (tertiary/aromatic N) is 2. The highest BCUT2D eigenvalue weighted by molar-refractivity contribution is 6.04. The van der Waals surface area contributed by atoms with Gasteiger partial charge in [-0.3, -0.25) is 0 Å². The van der Waals surface area contributed by atoms with Gasteiger partial charge in [0.2, 0.25) is 0 Å². The molecule has 2 nitrogen and oxygen atoms in total. The molecule has 0 radical (unpaired) electrons. The van der Waals surface area contributed by atoms with Crippen LogP contribution >= 0.6 is 0 Å². The molecule has 8 aromatic carbocycles. The van der Waals surface area contributed by atoms with Gasteiger partial charge in [0.05, 0.1) is 22.8 Å². The summed E-state index contributed by atoms with van der Waals surface area (Å²) < 4.78 is 0. The van der Waals surface area contributed by atoms with Gasteiger partial charge in [-0.05, 0) is 79.5 Å². The second kappa shape index (κ2) is 15.5. The molecule has 272 valence electrons. The second-order valence-electron chi connectivity index (χ2n) is 14.6. The van der Waals surface area contributed by atoms with Crippen LogP contribution in [-0.2, 0) is 0 Å². The van der Waals surface area contributed by atoms with Gasteiger partial charge in [0.25, 0.3) is 0 Å². The molecule has 0 fully saturated rings. The van der Waals surface area contributed by atoms with Crippen molar-refractivity contribution < 1.29 is 0 Å². The third-order valence-electron chi connectivity index (χ3n) is 10.9. The Morgan fingerprint density at radius 1 is 0.190 bits per heavy atom. The molecular formula is C56H38N2. The van der Waals surface area contributed by atoms with Crippen molar-refractivity contribution in [1.82, 2.24) is 9.97 Å². The fourth-order valence-corrected chi connectivity index (χ4v) is 7.92. The molecule has 0 bridgehead atoms. The lowest BCUT2D eigenvalue weighted by Crippen LogP contribution is -1.91. The van der Waals surface area contributed by atoms with Crippen molar-refractivity contribution in [3.63, 3.8) is 0 Å². The highest BCUT2D eigenvalue weighted by Gasteiger charge is 2.13. The number of aromatic nitrogens is 2. The topological polar surface area (TPSA) is 25.8 Å². The predicted molar refractivity (Wildman–Crippen MR) is 243 cm³/mol. The summed E-state index contributed by atoms with van der Waals surface area (Å²) in [6.07, 6.45) is 0. The van der Waals surface area contributed by atoms with E-state index in [1.165, 1.54) is 33.0 Å². The summed E-state index contributed by atoms with van der Waals surface area (Å²) in [5.74, 6) is 0. The molecular weight excluding hydrogens is 701 g/mol. The van der Waals surface area contributed by atoms with Crippen molar-refractivity contribution in [2.24, 2.45) is 0 Å². The van der Waals surface area contributed by atoms with Crippen LogP contribution in [0.1, 0.15) is 0 Å². The Morgan fingerprint density at radius 2 is 0.466 bits per heavy atom. The van der Waals surface area contributed by atoms with E-state index in [0.29, 0.717) is 0 Å². The number of pyridine rings is 2. The lowest BCUT2D eigenvalue weighted by Gasteiger charge is -2.14. The Bertz CT molecular complexity index is 2670. The molecule has 2 heteroatoms. The first-order valence-corrected chi connectivity index (χ1v) is 19.7. The molecule has 0 saturated heterocycles. The minimum absolute atomic E-state index is 0.963. The fourth-order valence-electron chi connectivity index (χ4n) is 7.92. The molecule has 0 unspecified atom stereocenters. The van der Waals surface area contributed by atoms with E-state index in [2.05, 4.69) is 206 Å². The van der Waals surface area contributed by atoms with Gasteiger partial charge >= 0.3 is 0 Å². The number of hydrogen-bond donors (Lipinski definition) is 0. The standard InChI is InChI=1S/C56H38N2/c1-5-15-43(16-6-1)53-35-47(36-54(57-53)44-17-7-2-8-18-44)39-27-31-41(32-28-39)49-23-13-26-52-50(24-14-25-51(49)52)42-33-29-40(30-34-42)48-37-55(45-19-9-3-10-20-45)58-56(38-48)46-21-11-4-12-22-46/h1-38H. The molecule has 0 spiro atoms. The monoisotopic (exact) mass is 738 g/mol. The Kier molecular flexibility index (Phi) is 9.27. The van der Waals surface area contributed by atoms with Gasteiger partial charge in [-0.15, -0.1) is 0 Å². The molecule has 0 aliphatic carbocycles. The minimum atomic E-state index is 0.963. The number of hydrogen-bond acceptors (Lipinski definition) is 2. The lowest BCUT2D eigenvalue weighted by molar-refractivity contribution is 1.32. The van der Waals surface area contributed by atoms with Gasteiger partial charge in [-0.1, -0.05) is 206 Å². The largest absolute Gasteiger partial charge is 0.248 e. The number of benzene rings is 8.